The summed E-state index contributed by atoms with van der Waals surface area (Å²) < 4.78 is 0. The van der Waals surface area contributed by atoms with Gasteiger partial charge in [0.1, 0.15) is 0 Å². The molecule has 0 aromatic heterocycles. The highest BCUT2D eigenvalue weighted by Gasteiger charge is 2.38. The molecule has 0 spiro atoms. The van der Waals surface area contributed by atoms with Crippen molar-refractivity contribution in [2.45, 2.75) is 58.9 Å². The van der Waals surface area contributed by atoms with Crippen molar-refractivity contribution in [3.8, 4) is 0 Å². The molecule has 1 aliphatic rings. The molecule has 88 valence electrons. The van der Waals surface area contributed by atoms with Crippen LogP contribution < -0.4 is 0 Å². The van der Waals surface area contributed by atoms with E-state index in [1.807, 2.05) is 0 Å². The molecule has 1 heterocycles. The molecule has 0 aromatic carbocycles. The van der Waals surface area contributed by atoms with Gasteiger partial charge in [-0.1, -0.05) is 13.8 Å². The van der Waals surface area contributed by atoms with Crippen LogP contribution in [-0.4, -0.2) is 29.3 Å². The molecule has 0 saturated carbocycles. The molecule has 1 saturated heterocycles. The average molecular weight is 211 g/mol. The number of carbonyl (C=O) groups excluding carboxylic acids is 1. The van der Waals surface area contributed by atoms with E-state index in [4.69, 9.17) is 0 Å². The standard InChI is InChI=1S/C13H25NO/c1-5-11(6-2)12(15)13(3,4)14-9-7-8-10-14/h11H,5-10H2,1-4H3. The molecule has 1 rings (SSSR count). The molecule has 0 radical (unpaired) electrons. The summed E-state index contributed by atoms with van der Waals surface area (Å²) in [7, 11) is 0. The summed E-state index contributed by atoms with van der Waals surface area (Å²) in [6.45, 7) is 10.6. The summed E-state index contributed by atoms with van der Waals surface area (Å²) >= 11 is 0. The highest BCUT2D eigenvalue weighted by Crippen LogP contribution is 2.26. The fourth-order valence-corrected chi connectivity index (χ4v) is 2.59. The second-order valence-corrected chi connectivity index (χ2v) is 5.13. The van der Waals surface area contributed by atoms with Gasteiger partial charge >= 0.3 is 0 Å². The van der Waals surface area contributed by atoms with Gasteiger partial charge in [0.05, 0.1) is 5.54 Å². The molecule has 15 heavy (non-hydrogen) atoms. The van der Waals surface area contributed by atoms with Crippen molar-refractivity contribution in [3.63, 3.8) is 0 Å². The number of nitrogens with zero attached hydrogens (tertiary/aromatic N) is 1. The maximum absolute atomic E-state index is 12.4. The van der Waals surface area contributed by atoms with Crippen LogP contribution in [-0.2, 0) is 4.79 Å². The van der Waals surface area contributed by atoms with E-state index in [2.05, 4.69) is 32.6 Å². The zero-order valence-corrected chi connectivity index (χ0v) is 10.7. The minimum Gasteiger partial charge on any atom is -0.297 e. The Kier molecular flexibility index (Phi) is 4.32. The van der Waals surface area contributed by atoms with Crippen molar-refractivity contribution >= 4 is 5.78 Å². The van der Waals surface area contributed by atoms with Crippen LogP contribution in [0.2, 0.25) is 0 Å². The first-order valence-corrected chi connectivity index (χ1v) is 6.33. The molecule has 1 fully saturated rings. The second kappa shape index (κ2) is 5.11. The van der Waals surface area contributed by atoms with E-state index < -0.39 is 0 Å². The van der Waals surface area contributed by atoms with Crippen LogP contribution >= 0.6 is 0 Å². The molecule has 0 bridgehead atoms. The molecule has 0 atom stereocenters. The Balaban J connectivity index is 2.70. The van der Waals surface area contributed by atoms with Gasteiger partial charge in [-0.2, -0.15) is 0 Å². The van der Waals surface area contributed by atoms with Crippen LogP contribution in [0.25, 0.3) is 0 Å². The number of carbonyl (C=O) groups is 1. The van der Waals surface area contributed by atoms with Crippen LogP contribution in [0.3, 0.4) is 0 Å². The van der Waals surface area contributed by atoms with Gasteiger partial charge in [-0.3, -0.25) is 9.69 Å². The number of Topliss-reactive ketones (excluding diaryl/α,β-unsaturated/α-hetero) is 1. The molecule has 0 amide bonds. The van der Waals surface area contributed by atoms with Crippen LogP contribution in [0.1, 0.15) is 53.4 Å². The van der Waals surface area contributed by atoms with Crippen LogP contribution in [0.4, 0.5) is 0 Å². The third kappa shape index (κ3) is 2.60. The lowest BCUT2D eigenvalue weighted by atomic mass is 9.84. The van der Waals surface area contributed by atoms with Crippen LogP contribution in [0, 0.1) is 5.92 Å². The molecule has 2 nitrogen and oxygen atoms in total. The highest BCUT2D eigenvalue weighted by molar-refractivity contribution is 5.89. The number of rotatable bonds is 5. The Morgan fingerprint density at radius 2 is 1.67 bits per heavy atom. The normalized spacial score (nSPS) is 18.7. The summed E-state index contributed by atoms with van der Waals surface area (Å²) in [5.41, 5.74) is -0.243. The molecular weight excluding hydrogens is 186 g/mol. The van der Waals surface area contributed by atoms with E-state index in [1.54, 1.807) is 0 Å². The Hall–Kier alpha value is -0.370. The zero-order valence-electron chi connectivity index (χ0n) is 10.7. The number of likely N-dealkylation sites (tertiary alicyclic amines) is 1. The summed E-state index contributed by atoms with van der Waals surface area (Å²) in [6.07, 6.45) is 4.46. The predicted octanol–water partition coefficient (Wildman–Crippen LogP) is 2.87. The maximum Gasteiger partial charge on any atom is 0.155 e. The topological polar surface area (TPSA) is 20.3 Å². The van der Waals surface area contributed by atoms with Gasteiger partial charge in [0.15, 0.2) is 5.78 Å². The highest BCUT2D eigenvalue weighted by atomic mass is 16.1. The van der Waals surface area contributed by atoms with E-state index in [1.165, 1.54) is 12.8 Å². The zero-order chi connectivity index (χ0) is 11.5. The number of ketones is 1. The van der Waals surface area contributed by atoms with E-state index in [9.17, 15) is 4.79 Å². The van der Waals surface area contributed by atoms with Crippen molar-refractivity contribution in [2.75, 3.05) is 13.1 Å². The molecule has 0 aromatic rings. The minimum atomic E-state index is -0.243. The summed E-state index contributed by atoms with van der Waals surface area (Å²) in [5, 5.41) is 0. The van der Waals surface area contributed by atoms with Gasteiger partial charge in [0, 0.05) is 5.92 Å². The van der Waals surface area contributed by atoms with Crippen molar-refractivity contribution in [3.05, 3.63) is 0 Å². The lowest BCUT2D eigenvalue weighted by molar-refractivity contribution is -0.133. The Bertz CT molecular complexity index is 213. The van der Waals surface area contributed by atoms with Gasteiger partial charge in [0.25, 0.3) is 0 Å². The predicted molar refractivity (Wildman–Crippen MR) is 64.0 cm³/mol. The van der Waals surface area contributed by atoms with E-state index in [-0.39, 0.29) is 11.5 Å². The summed E-state index contributed by atoms with van der Waals surface area (Å²) in [4.78, 5) is 14.7. The van der Waals surface area contributed by atoms with Gasteiger partial charge in [0.2, 0.25) is 0 Å². The largest absolute Gasteiger partial charge is 0.297 e. The van der Waals surface area contributed by atoms with Crippen LogP contribution in [0.15, 0.2) is 0 Å². The molecule has 0 aliphatic carbocycles. The fourth-order valence-electron chi connectivity index (χ4n) is 2.59. The number of hydrogen-bond donors (Lipinski definition) is 0. The van der Waals surface area contributed by atoms with E-state index >= 15 is 0 Å². The first kappa shape index (κ1) is 12.7. The summed E-state index contributed by atoms with van der Waals surface area (Å²) in [6, 6.07) is 0. The van der Waals surface area contributed by atoms with Gasteiger partial charge in [-0.25, -0.2) is 0 Å². The first-order valence-electron chi connectivity index (χ1n) is 6.33. The van der Waals surface area contributed by atoms with Crippen molar-refractivity contribution in [1.82, 2.24) is 4.90 Å². The van der Waals surface area contributed by atoms with Gasteiger partial charge in [-0.05, 0) is 52.6 Å². The van der Waals surface area contributed by atoms with Gasteiger partial charge < -0.3 is 0 Å². The fraction of sp³-hybridized carbons (Fsp3) is 0.923. The van der Waals surface area contributed by atoms with Gasteiger partial charge in [-0.15, -0.1) is 0 Å². The summed E-state index contributed by atoms with van der Waals surface area (Å²) in [5.74, 6) is 0.690. The monoisotopic (exact) mass is 211 g/mol. The minimum absolute atomic E-state index is 0.243. The number of hydrogen-bond acceptors (Lipinski definition) is 2. The Morgan fingerprint density at radius 1 is 1.20 bits per heavy atom. The maximum atomic E-state index is 12.4. The van der Waals surface area contributed by atoms with Crippen LogP contribution in [0.5, 0.6) is 0 Å². The van der Waals surface area contributed by atoms with Crippen molar-refractivity contribution in [2.24, 2.45) is 5.92 Å². The lowest BCUT2D eigenvalue weighted by Gasteiger charge is -2.36. The smallest absolute Gasteiger partial charge is 0.155 e. The SMILES string of the molecule is CCC(CC)C(=O)C(C)(C)N1CCCC1. The lowest BCUT2D eigenvalue weighted by Crippen LogP contribution is -2.50. The molecule has 0 N–H and O–H groups in total. The van der Waals surface area contributed by atoms with E-state index in [0.717, 1.165) is 25.9 Å². The Morgan fingerprint density at radius 3 is 2.07 bits per heavy atom. The molecule has 0 unspecified atom stereocenters. The first-order chi connectivity index (χ1) is 7.04. The third-order valence-electron chi connectivity index (χ3n) is 3.86. The average Bonchev–Trinajstić information content (AvgIpc) is 2.72. The van der Waals surface area contributed by atoms with Crippen molar-refractivity contribution in [1.29, 1.82) is 0 Å². The quantitative estimate of drug-likeness (QED) is 0.697. The molecular formula is C13H25NO. The van der Waals surface area contributed by atoms with E-state index in [0.29, 0.717) is 5.78 Å². The third-order valence-corrected chi connectivity index (χ3v) is 3.86. The van der Waals surface area contributed by atoms with Crippen molar-refractivity contribution < 1.29 is 4.79 Å². The second-order valence-electron chi connectivity index (χ2n) is 5.13. The molecule has 1 aliphatic heterocycles. The molecule has 2 heteroatoms. The Labute approximate surface area is 94.0 Å².